The third kappa shape index (κ3) is 5.60. The predicted octanol–water partition coefficient (Wildman–Crippen LogP) is 2.29. The molecule has 0 fully saturated rings. The molecule has 19 heavy (non-hydrogen) atoms. The zero-order chi connectivity index (χ0) is 14.5. The van der Waals surface area contributed by atoms with Gasteiger partial charge in [-0.05, 0) is 31.0 Å². The number of aryl methyl sites for hydroxylation is 1. The van der Waals surface area contributed by atoms with Crippen LogP contribution in [0.5, 0.6) is 5.75 Å². The molecule has 0 spiro atoms. The lowest BCUT2D eigenvalue weighted by Crippen LogP contribution is -2.32. The second-order valence-corrected chi connectivity index (χ2v) is 3.92. The molecule has 0 aliphatic heterocycles. The van der Waals surface area contributed by atoms with Gasteiger partial charge in [-0.2, -0.15) is 13.2 Å². The number of carbonyl (C=O) groups is 1. The fraction of sp³-hybridized carbons (Fsp3) is 0.417. The van der Waals surface area contributed by atoms with Gasteiger partial charge in [0.15, 0.2) is 13.2 Å². The molecule has 0 atom stereocenters. The minimum absolute atomic E-state index is 0.415. The van der Waals surface area contributed by atoms with Gasteiger partial charge in [-0.1, -0.05) is 12.1 Å². The fourth-order valence-electron chi connectivity index (χ4n) is 1.25. The van der Waals surface area contributed by atoms with Gasteiger partial charge in [-0.15, -0.1) is 0 Å². The average molecular weight is 277 g/mol. The first-order valence-electron chi connectivity index (χ1n) is 5.46. The summed E-state index contributed by atoms with van der Waals surface area (Å²) in [6.45, 7) is 1.75. The van der Waals surface area contributed by atoms with Gasteiger partial charge in [0.05, 0.1) is 0 Å². The van der Waals surface area contributed by atoms with Crippen molar-refractivity contribution >= 4 is 5.91 Å². The Bertz CT molecular complexity index is 446. The van der Waals surface area contributed by atoms with E-state index < -0.39 is 25.3 Å². The fourth-order valence-corrected chi connectivity index (χ4v) is 1.25. The monoisotopic (exact) mass is 277 g/mol. The van der Waals surface area contributed by atoms with E-state index in [4.69, 9.17) is 4.74 Å². The van der Waals surface area contributed by atoms with Crippen LogP contribution in [-0.2, 0) is 9.63 Å². The predicted molar refractivity (Wildman–Crippen MR) is 61.6 cm³/mol. The van der Waals surface area contributed by atoms with Crippen LogP contribution < -0.4 is 10.2 Å². The van der Waals surface area contributed by atoms with Crippen LogP contribution in [-0.4, -0.2) is 25.3 Å². The highest BCUT2D eigenvalue weighted by Crippen LogP contribution is 2.20. The Kier molecular flexibility index (Phi) is 5.17. The molecule has 0 aliphatic rings. The van der Waals surface area contributed by atoms with E-state index >= 15 is 0 Å². The van der Waals surface area contributed by atoms with Gasteiger partial charge in [-0.25, -0.2) is 5.48 Å². The molecule has 1 amide bonds. The maximum Gasteiger partial charge on any atom is 0.414 e. The lowest BCUT2D eigenvalue weighted by Gasteiger charge is -2.11. The van der Waals surface area contributed by atoms with Gasteiger partial charge in [0.25, 0.3) is 5.91 Å². The Morgan fingerprint density at radius 2 is 2.00 bits per heavy atom. The number of alkyl halides is 3. The molecule has 4 nitrogen and oxygen atoms in total. The number of amides is 1. The molecule has 106 valence electrons. The Labute approximate surface area is 108 Å². The molecule has 0 saturated heterocycles. The van der Waals surface area contributed by atoms with Crippen molar-refractivity contribution < 1.29 is 27.5 Å². The summed E-state index contributed by atoms with van der Waals surface area (Å²) < 4.78 is 40.4. The third-order valence-corrected chi connectivity index (χ3v) is 2.34. The molecular weight excluding hydrogens is 263 g/mol. The number of rotatable bonds is 5. The number of hydrogen-bond acceptors (Lipinski definition) is 3. The molecule has 1 rings (SSSR count). The number of nitrogens with one attached hydrogen (secondary N) is 1. The van der Waals surface area contributed by atoms with E-state index in [0.717, 1.165) is 11.1 Å². The van der Waals surface area contributed by atoms with E-state index in [9.17, 15) is 18.0 Å². The van der Waals surface area contributed by atoms with Crippen LogP contribution >= 0.6 is 0 Å². The standard InChI is InChI=1S/C12H14F3NO3/c1-8-4-3-5-10(9(8)2)18-6-11(17)16-19-7-12(13,14)15/h3-5H,6-7H2,1-2H3,(H,16,17). The quantitative estimate of drug-likeness (QED) is 0.840. The summed E-state index contributed by atoms with van der Waals surface area (Å²) in [7, 11) is 0. The molecule has 0 radical (unpaired) electrons. The SMILES string of the molecule is Cc1cccc(OCC(=O)NOCC(F)(F)F)c1C. The lowest BCUT2D eigenvalue weighted by atomic mass is 10.1. The van der Waals surface area contributed by atoms with Crippen molar-refractivity contribution in [2.45, 2.75) is 20.0 Å². The van der Waals surface area contributed by atoms with E-state index in [2.05, 4.69) is 4.84 Å². The van der Waals surface area contributed by atoms with Crippen molar-refractivity contribution in [2.75, 3.05) is 13.2 Å². The smallest absolute Gasteiger partial charge is 0.414 e. The molecule has 0 bridgehead atoms. The maximum atomic E-state index is 11.7. The Hall–Kier alpha value is -1.76. The van der Waals surface area contributed by atoms with E-state index in [0.29, 0.717) is 5.75 Å². The minimum Gasteiger partial charge on any atom is -0.483 e. The highest BCUT2D eigenvalue weighted by molar-refractivity contribution is 5.76. The molecule has 0 unspecified atom stereocenters. The second-order valence-electron chi connectivity index (χ2n) is 3.92. The average Bonchev–Trinajstić information content (AvgIpc) is 2.29. The van der Waals surface area contributed by atoms with Gasteiger partial charge in [-0.3, -0.25) is 9.63 Å². The van der Waals surface area contributed by atoms with Crippen molar-refractivity contribution in [1.29, 1.82) is 0 Å². The van der Waals surface area contributed by atoms with Crippen LogP contribution in [0.2, 0.25) is 0 Å². The van der Waals surface area contributed by atoms with Crippen LogP contribution in [0, 0.1) is 13.8 Å². The van der Waals surface area contributed by atoms with Crippen molar-refractivity contribution in [3.05, 3.63) is 29.3 Å². The highest BCUT2D eigenvalue weighted by Gasteiger charge is 2.28. The summed E-state index contributed by atoms with van der Waals surface area (Å²) in [5.74, 6) is -0.281. The first kappa shape index (κ1) is 15.3. The number of ether oxygens (including phenoxy) is 1. The Morgan fingerprint density at radius 1 is 1.32 bits per heavy atom. The van der Waals surface area contributed by atoms with Crippen LogP contribution in [0.15, 0.2) is 18.2 Å². The molecule has 1 N–H and O–H groups in total. The van der Waals surface area contributed by atoms with Crippen molar-refractivity contribution in [3.8, 4) is 5.75 Å². The van der Waals surface area contributed by atoms with Gasteiger partial charge >= 0.3 is 6.18 Å². The molecule has 0 aromatic heterocycles. The number of hydroxylamine groups is 1. The highest BCUT2D eigenvalue weighted by atomic mass is 19.4. The van der Waals surface area contributed by atoms with Crippen LogP contribution in [0.25, 0.3) is 0 Å². The van der Waals surface area contributed by atoms with Crippen LogP contribution in [0.1, 0.15) is 11.1 Å². The normalized spacial score (nSPS) is 11.2. The third-order valence-electron chi connectivity index (χ3n) is 2.34. The van der Waals surface area contributed by atoms with Gasteiger partial charge in [0.2, 0.25) is 0 Å². The zero-order valence-corrected chi connectivity index (χ0v) is 10.5. The van der Waals surface area contributed by atoms with E-state index in [1.807, 2.05) is 19.9 Å². The van der Waals surface area contributed by atoms with E-state index in [-0.39, 0.29) is 0 Å². The summed E-state index contributed by atoms with van der Waals surface area (Å²) >= 11 is 0. The number of halogens is 3. The summed E-state index contributed by atoms with van der Waals surface area (Å²) in [4.78, 5) is 15.2. The largest absolute Gasteiger partial charge is 0.483 e. The summed E-state index contributed by atoms with van der Waals surface area (Å²) in [5.41, 5.74) is 3.52. The second kappa shape index (κ2) is 6.42. The molecule has 0 heterocycles. The molecular formula is C12H14F3NO3. The zero-order valence-electron chi connectivity index (χ0n) is 10.5. The Morgan fingerprint density at radius 3 is 2.63 bits per heavy atom. The lowest BCUT2D eigenvalue weighted by molar-refractivity contribution is -0.192. The van der Waals surface area contributed by atoms with Gasteiger partial charge in [0, 0.05) is 0 Å². The number of benzene rings is 1. The maximum absolute atomic E-state index is 11.7. The topological polar surface area (TPSA) is 47.6 Å². The summed E-state index contributed by atoms with van der Waals surface area (Å²) in [6.07, 6.45) is -4.48. The molecule has 1 aromatic rings. The molecule has 7 heteroatoms. The number of hydrogen-bond donors (Lipinski definition) is 1. The first-order valence-corrected chi connectivity index (χ1v) is 5.46. The van der Waals surface area contributed by atoms with Crippen molar-refractivity contribution in [3.63, 3.8) is 0 Å². The minimum atomic E-state index is -4.48. The van der Waals surface area contributed by atoms with Gasteiger partial charge in [0.1, 0.15) is 5.75 Å². The van der Waals surface area contributed by atoms with Crippen LogP contribution in [0.4, 0.5) is 13.2 Å². The molecule has 0 aliphatic carbocycles. The van der Waals surface area contributed by atoms with Gasteiger partial charge < -0.3 is 4.74 Å². The van der Waals surface area contributed by atoms with Crippen molar-refractivity contribution in [1.82, 2.24) is 5.48 Å². The van der Waals surface area contributed by atoms with Crippen LogP contribution in [0.3, 0.4) is 0 Å². The number of carbonyl (C=O) groups excluding carboxylic acids is 1. The van der Waals surface area contributed by atoms with E-state index in [1.54, 1.807) is 17.6 Å². The van der Waals surface area contributed by atoms with Crippen molar-refractivity contribution in [2.24, 2.45) is 0 Å². The summed E-state index contributed by atoms with van der Waals surface area (Å²) in [5, 5.41) is 0. The Balaban J connectivity index is 2.36. The molecule has 0 saturated carbocycles. The molecule has 1 aromatic carbocycles. The first-order chi connectivity index (χ1) is 8.79. The van der Waals surface area contributed by atoms with E-state index in [1.165, 1.54) is 0 Å². The summed E-state index contributed by atoms with van der Waals surface area (Å²) in [6, 6.07) is 5.32.